The lowest BCUT2D eigenvalue weighted by Gasteiger charge is -2.42. The molecule has 0 saturated carbocycles. The summed E-state index contributed by atoms with van der Waals surface area (Å²) in [4.78, 5) is 39.4. The van der Waals surface area contributed by atoms with Crippen LogP contribution in [0.2, 0.25) is 0 Å². The number of nitrogens with zero attached hydrogens (tertiary/aromatic N) is 4. The number of carbonyl (C=O) groups excluding carboxylic acids is 1. The van der Waals surface area contributed by atoms with Crippen LogP contribution >= 0.6 is 0 Å². The molecule has 9 nitrogen and oxygen atoms in total. The summed E-state index contributed by atoms with van der Waals surface area (Å²) in [5.41, 5.74) is 1.98. The van der Waals surface area contributed by atoms with Gasteiger partial charge in [0.1, 0.15) is 0 Å². The van der Waals surface area contributed by atoms with Gasteiger partial charge in [-0.2, -0.15) is 0 Å². The molecule has 1 spiro atoms. The standard InChI is InChI=1S/C22H33N5O4/c1-2-31-21(29)27-8-4-16(15-27)25-9-6-22(7-10-25)5-3-17-18(22)23-20(24-19(17)28)26-11-13-30-14-12-26/h16H,2-15H2,1H3,(H,23,24,28). The highest BCUT2D eigenvalue weighted by atomic mass is 16.6. The van der Waals surface area contributed by atoms with Gasteiger partial charge in [0.25, 0.3) is 5.56 Å². The van der Waals surface area contributed by atoms with Gasteiger partial charge in [0.15, 0.2) is 0 Å². The summed E-state index contributed by atoms with van der Waals surface area (Å²) in [5.74, 6) is 0.705. The third-order valence-corrected chi connectivity index (χ3v) is 7.63. The van der Waals surface area contributed by atoms with E-state index in [2.05, 4.69) is 14.8 Å². The minimum atomic E-state index is -0.192. The molecule has 3 saturated heterocycles. The summed E-state index contributed by atoms with van der Waals surface area (Å²) >= 11 is 0. The average Bonchev–Trinajstić information content (AvgIpc) is 3.42. The van der Waals surface area contributed by atoms with E-state index in [1.807, 2.05) is 11.8 Å². The van der Waals surface area contributed by atoms with Crippen molar-refractivity contribution in [2.45, 2.75) is 50.5 Å². The van der Waals surface area contributed by atoms with E-state index < -0.39 is 0 Å². The molecule has 170 valence electrons. The molecule has 1 amide bonds. The molecule has 0 bridgehead atoms. The smallest absolute Gasteiger partial charge is 0.409 e. The fourth-order valence-corrected chi connectivity index (χ4v) is 5.79. The summed E-state index contributed by atoms with van der Waals surface area (Å²) in [7, 11) is 0. The molecule has 1 aromatic heterocycles. The van der Waals surface area contributed by atoms with E-state index in [-0.39, 0.29) is 17.1 Å². The van der Waals surface area contributed by atoms with Crippen molar-refractivity contribution in [1.29, 1.82) is 0 Å². The van der Waals surface area contributed by atoms with Gasteiger partial charge in [0, 0.05) is 43.2 Å². The number of nitrogens with one attached hydrogen (secondary N) is 1. The largest absolute Gasteiger partial charge is 0.450 e. The molecule has 1 unspecified atom stereocenters. The fraction of sp³-hybridized carbons (Fsp3) is 0.773. The van der Waals surface area contributed by atoms with E-state index in [1.54, 1.807) is 0 Å². The maximum Gasteiger partial charge on any atom is 0.409 e. The van der Waals surface area contributed by atoms with E-state index >= 15 is 0 Å². The maximum atomic E-state index is 12.8. The van der Waals surface area contributed by atoms with Crippen LogP contribution in [0.3, 0.4) is 0 Å². The van der Waals surface area contributed by atoms with Crippen LogP contribution in [0.4, 0.5) is 10.7 Å². The van der Waals surface area contributed by atoms with Crippen molar-refractivity contribution < 1.29 is 14.3 Å². The zero-order valence-corrected chi connectivity index (χ0v) is 18.4. The summed E-state index contributed by atoms with van der Waals surface area (Å²) in [5, 5.41) is 0. The number of carbonyl (C=O) groups is 1. The van der Waals surface area contributed by atoms with Crippen molar-refractivity contribution in [1.82, 2.24) is 19.8 Å². The lowest BCUT2D eigenvalue weighted by molar-refractivity contribution is 0.0981. The van der Waals surface area contributed by atoms with Crippen LogP contribution in [0, 0.1) is 0 Å². The molecule has 5 rings (SSSR count). The molecular formula is C22H33N5O4. The molecule has 1 N–H and O–H groups in total. The lowest BCUT2D eigenvalue weighted by Crippen LogP contribution is -2.48. The monoisotopic (exact) mass is 431 g/mol. The third kappa shape index (κ3) is 3.82. The van der Waals surface area contributed by atoms with Crippen LogP contribution in [0.5, 0.6) is 0 Å². The van der Waals surface area contributed by atoms with Crippen LogP contribution in [0.1, 0.15) is 43.9 Å². The van der Waals surface area contributed by atoms with Gasteiger partial charge < -0.3 is 19.3 Å². The number of rotatable bonds is 3. The number of aromatic nitrogens is 2. The molecule has 3 aliphatic heterocycles. The van der Waals surface area contributed by atoms with Crippen LogP contribution in [-0.4, -0.2) is 91.0 Å². The molecule has 9 heteroatoms. The Hall–Kier alpha value is -2.13. The molecule has 3 fully saturated rings. The number of hydrogen-bond acceptors (Lipinski definition) is 7. The number of hydrogen-bond donors (Lipinski definition) is 1. The normalized spacial score (nSPS) is 25.8. The second-order valence-electron chi connectivity index (χ2n) is 9.22. The van der Waals surface area contributed by atoms with Crippen molar-refractivity contribution >= 4 is 12.0 Å². The summed E-state index contributed by atoms with van der Waals surface area (Å²) < 4.78 is 10.6. The molecule has 4 aliphatic rings. The van der Waals surface area contributed by atoms with Gasteiger partial charge >= 0.3 is 6.09 Å². The van der Waals surface area contributed by atoms with Crippen LogP contribution in [0.25, 0.3) is 0 Å². The average molecular weight is 432 g/mol. The minimum absolute atomic E-state index is 0.0144. The number of aromatic amines is 1. The van der Waals surface area contributed by atoms with Crippen LogP contribution < -0.4 is 10.5 Å². The van der Waals surface area contributed by atoms with Crippen LogP contribution in [-0.2, 0) is 21.3 Å². The Morgan fingerprint density at radius 3 is 2.71 bits per heavy atom. The first-order chi connectivity index (χ1) is 15.1. The summed E-state index contributed by atoms with van der Waals surface area (Å²) in [6, 6.07) is 0.402. The van der Waals surface area contributed by atoms with Crippen molar-refractivity contribution in [3.8, 4) is 0 Å². The number of H-pyrrole nitrogens is 1. The second kappa shape index (κ2) is 8.43. The lowest BCUT2D eigenvalue weighted by atomic mass is 9.76. The highest BCUT2D eigenvalue weighted by Crippen LogP contribution is 2.45. The predicted molar refractivity (Wildman–Crippen MR) is 116 cm³/mol. The summed E-state index contributed by atoms with van der Waals surface area (Å²) in [6.07, 6.45) is 4.69. The van der Waals surface area contributed by atoms with Gasteiger partial charge in [-0.05, 0) is 52.1 Å². The molecule has 1 atom stereocenters. The first-order valence-corrected chi connectivity index (χ1v) is 11.7. The Bertz CT molecular complexity index is 873. The van der Waals surface area contributed by atoms with Gasteiger partial charge in [0.05, 0.1) is 25.5 Å². The van der Waals surface area contributed by atoms with Crippen molar-refractivity contribution in [2.75, 3.05) is 64.0 Å². The highest BCUT2D eigenvalue weighted by molar-refractivity contribution is 5.68. The second-order valence-corrected chi connectivity index (χ2v) is 9.22. The number of fused-ring (bicyclic) bond motifs is 2. The number of amides is 1. The quantitative estimate of drug-likeness (QED) is 0.767. The van der Waals surface area contributed by atoms with E-state index in [1.165, 1.54) is 0 Å². The topological polar surface area (TPSA) is 91.0 Å². The minimum Gasteiger partial charge on any atom is -0.450 e. The van der Waals surface area contributed by atoms with Crippen LogP contribution in [0.15, 0.2) is 4.79 Å². The molecule has 0 aromatic carbocycles. The Morgan fingerprint density at radius 2 is 1.97 bits per heavy atom. The number of likely N-dealkylation sites (tertiary alicyclic amines) is 2. The molecular weight excluding hydrogens is 398 g/mol. The fourth-order valence-electron chi connectivity index (χ4n) is 5.79. The first-order valence-electron chi connectivity index (χ1n) is 11.7. The van der Waals surface area contributed by atoms with E-state index in [0.717, 1.165) is 82.6 Å². The summed E-state index contributed by atoms with van der Waals surface area (Å²) in [6.45, 7) is 8.64. The van der Waals surface area contributed by atoms with Crippen molar-refractivity contribution in [3.05, 3.63) is 21.6 Å². The Kier molecular flexibility index (Phi) is 5.64. The molecule has 1 aliphatic carbocycles. The maximum absolute atomic E-state index is 12.8. The molecule has 1 aromatic rings. The van der Waals surface area contributed by atoms with Gasteiger partial charge in [-0.25, -0.2) is 9.78 Å². The number of piperidine rings is 1. The van der Waals surface area contributed by atoms with Crippen molar-refractivity contribution in [3.63, 3.8) is 0 Å². The zero-order valence-electron chi connectivity index (χ0n) is 18.4. The Balaban J connectivity index is 1.28. The highest BCUT2D eigenvalue weighted by Gasteiger charge is 2.45. The SMILES string of the molecule is CCOC(=O)N1CCC(N2CCC3(CCc4c3nc(N3CCOCC3)[nH]c4=O)CC2)C1. The molecule has 31 heavy (non-hydrogen) atoms. The van der Waals surface area contributed by atoms with Gasteiger partial charge in [0.2, 0.25) is 5.95 Å². The zero-order chi connectivity index (χ0) is 21.4. The molecule has 0 radical (unpaired) electrons. The predicted octanol–water partition coefficient (Wildman–Crippen LogP) is 1.12. The van der Waals surface area contributed by atoms with Crippen molar-refractivity contribution in [2.24, 2.45) is 0 Å². The van der Waals surface area contributed by atoms with E-state index in [4.69, 9.17) is 14.5 Å². The van der Waals surface area contributed by atoms with Gasteiger partial charge in [-0.3, -0.25) is 14.7 Å². The van der Waals surface area contributed by atoms with E-state index in [9.17, 15) is 9.59 Å². The van der Waals surface area contributed by atoms with Gasteiger partial charge in [-0.15, -0.1) is 0 Å². The van der Waals surface area contributed by atoms with Gasteiger partial charge in [-0.1, -0.05) is 0 Å². The number of ether oxygens (including phenoxy) is 2. The Morgan fingerprint density at radius 1 is 1.19 bits per heavy atom. The Labute approximate surface area is 182 Å². The molecule has 4 heterocycles. The number of morpholine rings is 1. The number of anilines is 1. The third-order valence-electron chi connectivity index (χ3n) is 7.63. The first kappa shape index (κ1) is 20.8. The van der Waals surface area contributed by atoms with E-state index in [0.29, 0.717) is 31.8 Å².